The minimum Gasteiger partial charge on any atom is -0.494 e. The van der Waals surface area contributed by atoms with Gasteiger partial charge in [0.1, 0.15) is 5.75 Å². The molecule has 5 heteroatoms. The van der Waals surface area contributed by atoms with Crippen LogP contribution in [0.4, 0.5) is 0 Å². The molecule has 88 valence electrons. The molecule has 0 aromatic heterocycles. The number of nitrogens with one attached hydrogen (secondary N) is 2. The average molecular weight is 239 g/mol. The van der Waals surface area contributed by atoms with Gasteiger partial charge in [-0.25, -0.2) is 5.84 Å². The normalized spacial score (nSPS) is 9.62. The van der Waals surface area contributed by atoms with Crippen molar-refractivity contribution in [1.29, 1.82) is 0 Å². The minimum atomic E-state index is 0.436. The van der Waals surface area contributed by atoms with E-state index >= 15 is 0 Å². The van der Waals surface area contributed by atoms with E-state index in [-0.39, 0.29) is 0 Å². The molecule has 0 aliphatic rings. The third-order valence-corrected chi connectivity index (χ3v) is 2.24. The summed E-state index contributed by atoms with van der Waals surface area (Å²) in [5.74, 6) is 6.04. The summed E-state index contributed by atoms with van der Waals surface area (Å²) in [7, 11) is 0. The smallest absolute Gasteiger partial charge is 0.180 e. The molecule has 1 aromatic rings. The van der Waals surface area contributed by atoms with E-state index in [1.54, 1.807) is 0 Å². The van der Waals surface area contributed by atoms with Crippen LogP contribution in [-0.4, -0.2) is 11.7 Å². The lowest BCUT2D eigenvalue weighted by Gasteiger charge is -2.08. The van der Waals surface area contributed by atoms with E-state index in [4.69, 9.17) is 22.8 Å². The van der Waals surface area contributed by atoms with Crippen LogP contribution in [0.15, 0.2) is 24.3 Å². The third-order valence-electron chi connectivity index (χ3n) is 1.98. The highest BCUT2D eigenvalue weighted by molar-refractivity contribution is 7.80. The van der Waals surface area contributed by atoms with Crippen LogP contribution in [-0.2, 0) is 6.54 Å². The Bertz CT molecular complexity index is 327. The first-order valence-corrected chi connectivity index (χ1v) is 5.63. The zero-order valence-electron chi connectivity index (χ0n) is 9.32. The summed E-state index contributed by atoms with van der Waals surface area (Å²) in [5.41, 5.74) is 3.50. The van der Waals surface area contributed by atoms with Gasteiger partial charge in [-0.1, -0.05) is 19.1 Å². The summed E-state index contributed by atoms with van der Waals surface area (Å²) in [6, 6.07) is 7.89. The number of hydrazine groups is 1. The summed E-state index contributed by atoms with van der Waals surface area (Å²) >= 11 is 4.87. The molecule has 0 saturated carbocycles. The lowest BCUT2D eigenvalue weighted by Crippen LogP contribution is -2.39. The Hall–Kier alpha value is -1.33. The number of hydrogen-bond donors (Lipinski definition) is 3. The largest absolute Gasteiger partial charge is 0.494 e. The van der Waals surface area contributed by atoms with Crippen molar-refractivity contribution in [2.75, 3.05) is 6.61 Å². The molecule has 0 heterocycles. The van der Waals surface area contributed by atoms with Crippen LogP contribution >= 0.6 is 12.2 Å². The number of thiocarbonyl (C=S) groups is 1. The molecule has 1 rings (SSSR count). The van der Waals surface area contributed by atoms with Gasteiger partial charge in [-0.3, -0.25) is 0 Å². The fraction of sp³-hybridized carbons (Fsp3) is 0.364. The zero-order valence-corrected chi connectivity index (χ0v) is 10.1. The second kappa shape index (κ2) is 7.03. The molecule has 0 atom stereocenters. The van der Waals surface area contributed by atoms with E-state index in [1.807, 2.05) is 24.3 Å². The maximum absolute atomic E-state index is 5.48. The van der Waals surface area contributed by atoms with Gasteiger partial charge in [-0.2, -0.15) is 0 Å². The van der Waals surface area contributed by atoms with Gasteiger partial charge in [0.05, 0.1) is 6.61 Å². The Morgan fingerprint density at radius 1 is 1.38 bits per heavy atom. The number of benzene rings is 1. The first-order valence-electron chi connectivity index (χ1n) is 5.22. The van der Waals surface area contributed by atoms with Crippen molar-refractivity contribution in [3.05, 3.63) is 29.8 Å². The van der Waals surface area contributed by atoms with Gasteiger partial charge in [0.2, 0.25) is 0 Å². The highest BCUT2D eigenvalue weighted by atomic mass is 32.1. The molecule has 0 bridgehead atoms. The van der Waals surface area contributed by atoms with Crippen LogP contribution < -0.4 is 21.3 Å². The van der Waals surface area contributed by atoms with Crippen LogP contribution in [0.2, 0.25) is 0 Å². The standard InChI is InChI=1S/C11H17N3OS/c1-2-7-15-10-5-3-9(4-6-10)8-13-11(16)14-12/h3-6H,2,7-8,12H2,1H3,(H2,13,14,16). The fourth-order valence-corrected chi connectivity index (χ4v) is 1.23. The van der Waals surface area contributed by atoms with Crippen molar-refractivity contribution >= 4 is 17.3 Å². The van der Waals surface area contributed by atoms with E-state index in [2.05, 4.69) is 17.7 Å². The van der Waals surface area contributed by atoms with E-state index in [0.717, 1.165) is 24.3 Å². The number of hydrogen-bond acceptors (Lipinski definition) is 3. The average Bonchev–Trinajstić information content (AvgIpc) is 2.34. The van der Waals surface area contributed by atoms with Crippen molar-refractivity contribution in [2.24, 2.45) is 5.84 Å². The maximum Gasteiger partial charge on any atom is 0.180 e. The van der Waals surface area contributed by atoms with Crippen LogP contribution in [0.1, 0.15) is 18.9 Å². The Balaban J connectivity index is 2.41. The number of rotatable bonds is 5. The lowest BCUT2D eigenvalue weighted by molar-refractivity contribution is 0.317. The van der Waals surface area contributed by atoms with Crippen LogP contribution in [0, 0.1) is 0 Å². The maximum atomic E-state index is 5.48. The number of nitrogens with two attached hydrogens (primary N) is 1. The second-order valence-corrected chi connectivity index (χ2v) is 3.73. The molecular formula is C11H17N3OS. The molecule has 0 saturated heterocycles. The molecule has 4 nitrogen and oxygen atoms in total. The predicted octanol–water partition coefficient (Wildman–Crippen LogP) is 1.31. The van der Waals surface area contributed by atoms with Crippen LogP contribution in [0.3, 0.4) is 0 Å². The van der Waals surface area contributed by atoms with E-state index in [0.29, 0.717) is 11.7 Å². The van der Waals surface area contributed by atoms with E-state index < -0.39 is 0 Å². The zero-order chi connectivity index (χ0) is 11.8. The Labute approximate surface area is 101 Å². The molecule has 0 aliphatic carbocycles. The van der Waals surface area contributed by atoms with Crippen molar-refractivity contribution < 1.29 is 4.74 Å². The Kier molecular flexibility index (Phi) is 5.60. The first-order chi connectivity index (χ1) is 7.76. The molecule has 0 radical (unpaired) electrons. The fourth-order valence-electron chi connectivity index (χ4n) is 1.16. The summed E-state index contributed by atoms with van der Waals surface area (Å²) in [6.45, 7) is 3.48. The summed E-state index contributed by atoms with van der Waals surface area (Å²) in [5, 5.41) is 3.40. The van der Waals surface area contributed by atoms with Crippen molar-refractivity contribution in [2.45, 2.75) is 19.9 Å². The molecule has 0 amide bonds. The molecule has 1 aromatic carbocycles. The number of ether oxygens (including phenoxy) is 1. The van der Waals surface area contributed by atoms with Gasteiger partial charge in [0.15, 0.2) is 5.11 Å². The molecular weight excluding hydrogens is 222 g/mol. The van der Waals surface area contributed by atoms with Crippen LogP contribution in [0.25, 0.3) is 0 Å². The van der Waals surface area contributed by atoms with Gasteiger partial charge >= 0.3 is 0 Å². The molecule has 0 fully saturated rings. The minimum absolute atomic E-state index is 0.436. The van der Waals surface area contributed by atoms with Crippen molar-refractivity contribution in [3.8, 4) is 5.75 Å². The van der Waals surface area contributed by atoms with E-state index in [1.165, 1.54) is 0 Å². The molecule has 0 spiro atoms. The summed E-state index contributed by atoms with van der Waals surface area (Å²) in [6.07, 6.45) is 1.01. The molecule has 0 aliphatic heterocycles. The molecule has 16 heavy (non-hydrogen) atoms. The highest BCUT2D eigenvalue weighted by Crippen LogP contribution is 2.12. The van der Waals surface area contributed by atoms with Crippen molar-refractivity contribution in [1.82, 2.24) is 10.7 Å². The Morgan fingerprint density at radius 3 is 2.62 bits per heavy atom. The summed E-state index contributed by atoms with van der Waals surface area (Å²) < 4.78 is 5.48. The van der Waals surface area contributed by atoms with Gasteiger partial charge in [0.25, 0.3) is 0 Å². The van der Waals surface area contributed by atoms with Gasteiger partial charge < -0.3 is 15.5 Å². The Morgan fingerprint density at radius 2 is 2.06 bits per heavy atom. The second-order valence-electron chi connectivity index (χ2n) is 3.32. The highest BCUT2D eigenvalue weighted by Gasteiger charge is 1.96. The predicted molar refractivity (Wildman–Crippen MR) is 69.0 cm³/mol. The topological polar surface area (TPSA) is 59.3 Å². The molecule has 4 N–H and O–H groups in total. The van der Waals surface area contributed by atoms with Crippen LogP contribution in [0.5, 0.6) is 5.75 Å². The van der Waals surface area contributed by atoms with Crippen molar-refractivity contribution in [3.63, 3.8) is 0 Å². The van der Waals surface area contributed by atoms with Gasteiger partial charge in [-0.15, -0.1) is 0 Å². The van der Waals surface area contributed by atoms with Gasteiger partial charge in [0, 0.05) is 6.54 Å². The molecule has 0 unspecified atom stereocenters. The monoisotopic (exact) mass is 239 g/mol. The van der Waals surface area contributed by atoms with Gasteiger partial charge in [-0.05, 0) is 36.3 Å². The lowest BCUT2D eigenvalue weighted by atomic mass is 10.2. The SMILES string of the molecule is CCCOc1ccc(CNC(=S)NN)cc1. The van der Waals surface area contributed by atoms with E-state index in [9.17, 15) is 0 Å². The third kappa shape index (κ3) is 4.46. The first kappa shape index (κ1) is 12.7. The quantitative estimate of drug-likeness (QED) is 0.411. The summed E-state index contributed by atoms with van der Waals surface area (Å²) in [4.78, 5) is 0.